The fourth-order valence-corrected chi connectivity index (χ4v) is 1.36. The Bertz CT molecular complexity index is 468. The van der Waals surface area contributed by atoms with Gasteiger partial charge in [-0.1, -0.05) is 12.1 Å². The maximum atomic E-state index is 12.7. The Balaban J connectivity index is 1.99. The second-order valence-corrected chi connectivity index (χ2v) is 3.49. The summed E-state index contributed by atoms with van der Waals surface area (Å²) in [4.78, 5) is 3.96. The first-order valence-electron chi connectivity index (χ1n) is 4.93. The molecule has 0 amide bonds. The molecule has 0 aliphatic carbocycles. The summed E-state index contributed by atoms with van der Waals surface area (Å²) in [6.45, 7) is 0.616. The van der Waals surface area contributed by atoms with Crippen molar-refractivity contribution >= 4 is 11.4 Å². The van der Waals surface area contributed by atoms with E-state index in [0.717, 1.165) is 11.3 Å². The molecule has 0 unspecified atom stereocenters. The highest BCUT2D eigenvalue weighted by atomic mass is 19.1. The number of hydrogen-bond acceptors (Lipinski definition) is 3. The molecular weight excluding hydrogens is 205 g/mol. The van der Waals surface area contributed by atoms with Gasteiger partial charge in [0.05, 0.1) is 17.6 Å². The van der Waals surface area contributed by atoms with Crippen molar-refractivity contribution in [2.24, 2.45) is 0 Å². The van der Waals surface area contributed by atoms with Gasteiger partial charge in [0, 0.05) is 12.7 Å². The van der Waals surface area contributed by atoms with Crippen molar-refractivity contribution in [1.29, 1.82) is 0 Å². The summed E-state index contributed by atoms with van der Waals surface area (Å²) in [6.07, 6.45) is 3.28. The molecule has 0 radical (unpaired) electrons. The number of pyridine rings is 1. The Morgan fingerprint density at radius 1 is 1.19 bits per heavy atom. The largest absolute Gasteiger partial charge is 0.397 e. The summed E-state index contributed by atoms with van der Waals surface area (Å²) in [6, 6.07) is 8.16. The van der Waals surface area contributed by atoms with Crippen LogP contribution in [0.1, 0.15) is 5.56 Å². The normalized spacial score (nSPS) is 10.1. The molecule has 0 bridgehead atoms. The lowest BCUT2D eigenvalue weighted by atomic mass is 10.2. The molecule has 0 spiro atoms. The summed E-state index contributed by atoms with van der Waals surface area (Å²) >= 11 is 0. The van der Waals surface area contributed by atoms with Gasteiger partial charge in [-0.15, -0.1) is 0 Å². The number of nitrogens with two attached hydrogens (primary N) is 1. The number of rotatable bonds is 3. The van der Waals surface area contributed by atoms with Crippen LogP contribution < -0.4 is 11.1 Å². The smallest absolute Gasteiger partial charge is 0.123 e. The maximum absolute atomic E-state index is 12.7. The third kappa shape index (κ3) is 2.70. The van der Waals surface area contributed by atoms with Gasteiger partial charge in [0.2, 0.25) is 0 Å². The van der Waals surface area contributed by atoms with Crippen LogP contribution in [0.3, 0.4) is 0 Å². The molecule has 0 aliphatic heterocycles. The monoisotopic (exact) mass is 217 g/mol. The van der Waals surface area contributed by atoms with E-state index in [9.17, 15) is 4.39 Å². The molecule has 82 valence electrons. The second kappa shape index (κ2) is 4.61. The van der Waals surface area contributed by atoms with Gasteiger partial charge in [-0.25, -0.2) is 4.39 Å². The van der Waals surface area contributed by atoms with Crippen LogP contribution in [0.2, 0.25) is 0 Å². The van der Waals surface area contributed by atoms with Crippen LogP contribution in [0.4, 0.5) is 15.8 Å². The molecular formula is C12H12FN3. The van der Waals surface area contributed by atoms with Crippen LogP contribution >= 0.6 is 0 Å². The van der Waals surface area contributed by atoms with Gasteiger partial charge in [0.1, 0.15) is 5.82 Å². The zero-order valence-electron chi connectivity index (χ0n) is 8.65. The Kier molecular flexibility index (Phi) is 3.00. The van der Waals surface area contributed by atoms with Gasteiger partial charge >= 0.3 is 0 Å². The van der Waals surface area contributed by atoms with E-state index in [-0.39, 0.29) is 5.82 Å². The summed E-state index contributed by atoms with van der Waals surface area (Å²) in [5.41, 5.74) is 8.07. The van der Waals surface area contributed by atoms with Crippen LogP contribution in [0.25, 0.3) is 0 Å². The fourth-order valence-electron chi connectivity index (χ4n) is 1.36. The molecule has 0 atom stereocenters. The van der Waals surface area contributed by atoms with Crippen LogP contribution in [0.15, 0.2) is 42.7 Å². The standard InChI is InChI=1S/C12H12FN3/c13-10-3-1-9(2-4-10)6-16-12-5-11(14)7-15-8-12/h1-5,7-8,16H,6,14H2. The second-order valence-electron chi connectivity index (χ2n) is 3.49. The average Bonchev–Trinajstić information content (AvgIpc) is 2.28. The minimum absolute atomic E-state index is 0.227. The number of halogens is 1. The van der Waals surface area contributed by atoms with Crippen molar-refractivity contribution in [3.8, 4) is 0 Å². The van der Waals surface area contributed by atoms with Gasteiger partial charge in [0.15, 0.2) is 0 Å². The number of anilines is 2. The Labute approximate surface area is 93.1 Å². The van der Waals surface area contributed by atoms with Gasteiger partial charge in [-0.2, -0.15) is 0 Å². The van der Waals surface area contributed by atoms with Crippen molar-refractivity contribution in [2.45, 2.75) is 6.54 Å². The van der Waals surface area contributed by atoms with E-state index in [2.05, 4.69) is 10.3 Å². The fraction of sp³-hybridized carbons (Fsp3) is 0.0833. The Morgan fingerprint density at radius 3 is 2.62 bits per heavy atom. The summed E-state index contributed by atoms with van der Waals surface area (Å²) < 4.78 is 12.7. The van der Waals surface area contributed by atoms with E-state index >= 15 is 0 Å². The Morgan fingerprint density at radius 2 is 1.94 bits per heavy atom. The maximum Gasteiger partial charge on any atom is 0.123 e. The highest BCUT2D eigenvalue weighted by Crippen LogP contribution is 2.11. The lowest BCUT2D eigenvalue weighted by Crippen LogP contribution is -2.00. The number of nitrogen functional groups attached to an aromatic ring is 1. The molecule has 0 saturated heterocycles. The van der Waals surface area contributed by atoms with Crippen molar-refractivity contribution < 1.29 is 4.39 Å². The van der Waals surface area contributed by atoms with E-state index in [1.165, 1.54) is 12.1 Å². The molecule has 0 saturated carbocycles. The molecule has 1 heterocycles. The predicted molar refractivity (Wildman–Crippen MR) is 62.4 cm³/mol. The van der Waals surface area contributed by atoms with E-state index in [1.54, 1.807) is 30.6 Å². The van der Waals surface area contributed by atoms with E-state index in [0.29, 0.717) is 12.2 Å². The summed E-state index contributed by atoms with van der Waals surface area (Å²) in [5.74, 6) is -0.227. The molecule has 16 heavy (non-hydrogen) atoms. The number of nitrogens with one attached hydrogen (secondary N) is 1. The van der Waals surface area contributed by atoms with E-state index < -0.39 is 0 Å². The number of nitrogens with zero attached hydrogens (tertiary/aromatic N) is 1. The third-order valence-electron chi connectivity index (χ3n) is 2.17. The van der Waals surface area contributed by atoms with Gasteiger partial charge < -0.3 is 11.1 Å². The van der Waals surface area contributed by atoms with Gasteiger partial charge in [-0.3, -0.25) is 4.98 Å². The minimum atomic E-state index is -0.227. The zero-order valence-corrected chi connectivity index (χ0v) is 8.65. The van der Waals surface area contributed by atoms with Gasteiger partial charge in [-0.05, 0) is 23.8 Å². The van der Waals surface area contributed by atoms with Crippen LogP contribution in [0.5, 0.6) is 0 Å². The molecule has 3 N–H and O–H groups in total. The SMILES string of the molecule is Nc1cncc(NCc2ccc(F)cc2)c1. The molecule has 0 aliphatic rings. The van der Waals surface area contributed by atoms with Crippen LogP contribution in [-0.4, -0.2) is 4.98 Å². The quantitative estimate of drug-likeness (QED) is 0.830. The van der Waals surface area contributed by atoms with E-state index in [1.807, 2.05) is 0 Å². The van der Waals surface area contributed by atoms with Crippen LogP contribution in [-0.2, 0) is 6.54 Å². The zero-order chi connectivity index (χ0) is 11.4. The highest BCUT2D eigenvalue weighted by Gasteiger charge is 1.95. The van der Waals surface area contributed by atoms with Gasteiger partial charge in [0.25, 0.3) is 0 Å². The lowest BCUT2D eigenvalue weighted by molar-refractivity contribution is 0.627. The lowest BCUT2D eigenvalue weighted by Gasteiger charge is -2.06. The molecule has 1 aromatic carbocycles. The molecule has 0 fully saturated rings. The topological polar surface area (TPSA) is 50.9 Å². The molecule has 4 heteroatoms. The number of hydrogen-bond donors (Lipinski definition) is 2. The summed E-state index contributed by atoms with van der Waals surface area (Å²) in [7, 11) is 0. The van der Waals surface area contributed by atoms with E-state index in [4.69, 9.17) is 5.73 Å². The average molecular weight is 217 g/mol. The molecule has 2 rings (SSSR count). The molecule has 1 aromatic heterocycles. The molecule has 2 aromatic rings. The first-order chi connectivity index (χ1) is 7.74. The summed E-state index contributed by atoms with van der Waals surface area (Å²) in [5, 5.41) is 3.16. The third-order valence-corrected chi connectivity index (χ3v) is 2.17. The highest BCUT2D eigenvalue weighted by molar-refractivity contribution is 5.51. The van der Waals surface area contributed by atoms with Crippen LogP contribution in [0, 0.1) is 5.82 Å². The van der Waals surface area contributed by atoms with Crippen molar-refractivity contribution in [3.05, 3.63) is 54.1 Å². The first-order valence-corrected chi connectivity index (χ1v) is 4.93. The number of aromatic nitrogens is 1. The number of benzene rings is 1. The molecule has 3 nitrogen and oxygen atoms in total. The predicted octanol–water partition coefficient (Wildman–Crippen LogP) is 2.42. The van der Waals surface area contributed by atoms with Crippen molar-refractivity contribution in [2.75, 3.05) is 11.1 Å². The van der Waals surface area contributed by atoms with Crippen molar-refractivity contribution in [3.63, 3.8) is 0 Å². The Hall–Kier alpha value is -2.10. The first kappa shape index (κ1) is 10.4. The minimum Gasteiger partial charge on any atom is -0.397 e. The van der Waals surface area contributed by atoms with Crippen molar-refractivity contribution in [1.82, 2.24) is 4.98 Å².